The Bertz CT molecular complexity index is 481. The SMILES string of the molecule is CCc1nnc(-c2ccc(F)cc2N)o1. The highest BCUT2D eigenvalue weighted by Gasteiger charge is 2.10. The predicted molar refractivity (Wildman–Crippen MR) is 53.5 cm³/mol. The zero-order valence-corrected chi connectivity index (χ0v) is 8.20. The average molecular weight is 207 g/mol. The van der Waals surface area contributed by atoms with Gasteiger partial charge in [0, 0.05) is 12.1 Å². The van der Waals surface area contributed by atoms with E-state index in [-0.39, 0.29) is 5.82 Å². The lowest BCUT2D eigenvalue weighted by atomic mass is 10.2. The Balaban J connectivity index is 2.44. The molecule has 0 aliphatic carbocycles. The van der Waals surface area contributed by atoms with E-state index < -0.39 is 0 Å². The molecule has 0 saturated carbocycles. The van der Waals surface area contributed by atoms with Gasteiger partial charge in [-0.15, -0.1) is 10.2 Å². The van der Waals surface area contributed by atoms with Crippen LogP contribution in [0.2, 0.25) is 0 Å². The summed E-state index contributed by atoms with van der Waals surface area (Å²) in [7, 11) is 0. The number of anilines is 1. The number of rotatable bonds is 2. The summed E-state index contributed by atoms with van der Waals surface area (Å²) in [6.45, 7) is 1.91. The molecule has 4 nitrogen and oxygen atoms in total. The topological polar surface area (TPSA) is 64.9 Å². The minimum absolute atomic E-state index is 0.293. The Morgan fingerprint density at radius 3 is 2.80 bits per heavy atom. The number of benzene rings is 1. The molecule has 0 atom stereocenters. The van der Waals surface area contributed by atoms with E-state index in [0.29, 0.717) is 29.5 Å². The van der Waals surface area contributed by atoms with Gasteiger partial charge in [0.05, 0.1) is 5.56 Å². The molecule has 1 heterocycles. The number of halogens is 1. The highest BCUT2D eigenvalue weighted by atomic mass is 19.1. The molecule has 2 rings (SSSR count). The van der Waals surface area contributed by atoms with Crippen molar-refractivity contribution in [1.82, 2.24) is 10.2 Å². The van der Waals surface area contributed by atoms with Crippen molar-refractivity contribution < 1.29 is 8.81 Å². The summed E-state index contributed by atoms with van der Waals surface area (Å²) in [5, 5.41) is 7.64. The van der Waals surface area contributed by atoms with E-state index >= 15 is 0 Å². The summed E-state index contributed by atoms with van der Waals surface area (Å²) in [4.78, 5) is 0. The van der Waals surface area contributed by atoms with Crippen LogP contribution in [0.5, 0.6) is 0 Å². The second kappa shape index (κ2) is 3.68. The first-order chi connectivity index (χ1) is 7.20. The summed E-state index contributed by atoms with van der Waals surface area (Å²) in [5.74, 6) is 0.476. The van der Waals surface area contributed by atoms with Gasteiger partial charge in [-0.2, -0.15) is 0 Å². The molecule has 0 amide bonds. The molecule has 0 spiro atoms. The van der Waals surface area contributed by atoms with Gasteiger partial charge >= 0.3 is 0 Å². The van der Waals surface area contributed by atoms with Gasteiger partial charge in [0.2, 0.25) is 11.8 Å². The second-order valence-corrected chi connectivity index (χ2v) is 3.09. The van der Waals surface area contributed by atoms with E-state index in [1.807, 2.05) is 6.92 Å². The van der Waals surface area contributed by atoms with E-state index in [2.05, 4.69) is 10.2 Å². The number of nitrogen functional groups attached to an aromatic ring is 1. The first kappa shape index (κ1) is 9.64. The molecule has 0 fully saturated rings. The van der Waals surface area contributed by atoms with Gasteiger partial charge in [0.25, 0.3) is 0 Å². The highest BCUT2D eigenvalue weighted by Crippen LogP contribution is 2.25. The monoisotopic (exact) mass is 207 g/mol. The predicted octanol–water partition coefficient (Wildman–Crippen LogP) is 2.02. The largest absolute Gasteiger partial charge is 0.421 e. The smallest absolute Gasteiger partial charge is 0.249 e. The summed E-state index contributed by atoms with van der Waals surface area (Å²) in [6, 6.07) is 4.06. The Labute approximate surface area is 85.9 Å². The summed E-state index contributed by atoms with van der Waals surface area (Å²) >= 11 is 0. The fraction of sp³-hybridized carbons (Fsp3) is 0.200. The molecule has 0 aliphatic heterocycles. The number of aromatic nitrogens is 2. The zero-order chi connectivity index (χ0) is 10.8. The number of hydrogen-bond donors (Lipinski definition) is 1. The van der Waals surface area contributed by atoms with E-state index in [1.54, 1.807) is 0 Å². The summed E-state index contributed by atoms with van der Waals surface area (Å²) in [5.41, 5.74) is 6.49. The highest BCUT2D eigenvalue weighted by molar-refractivity contribution is 5.69. The van der Waals surface area contributed by atoms with Crippen LogP contribution in [0.1, 0.15) is 12.8 Å². The van der Waals surface area contributed by atoms with Crippen LogP contribution in [-0.4, -0.2) is 10.2 Å². The molecular formula is C10H10FN3O. The molecule has 0 aliphatic rings. The fourth-order valence-electron chi connectivity index (χ4n) is 1.23. The molecule has 5 heteroatoms. The molecule has 1 aromatic carbocycles. The quantitative estimate of drug-likeness (QED) is 0.765. The van der Waals surface area contributed by atoms with Crippen LogP contribution < -0.4 is 5.73 Å². The lowest BCUT2D eigenvalue weighted by Gasteiger charge is -1.99. The maximum Gasteiger partial charge on any atom is 0.249 e. The van der Waals surface area contributed by atoms with Crippen LogP contribution in [0.25, 0.3) is 11.5 Å². The Morgan fingerprint density at radius 2 is 2.20 bits per heavy atom. The van der Waals surface area contributed by atoms with Crippen molar-refractivity contribution in [2.45, 2.75) is 13.3 Å². The van der Waals surface area contributed by atoms with Crippen molar-refractivity contribution in [3.8, 4) is 11.5 Å². The van der Waals surface area contributed by atoms with Crippen molar-refractivity contribution in [3.05, 3.63) is 29.9 Å². The molecule has 0 unspecified atom stereocenters. The Hall–Kier alpha value is -1.91. The van der Waals surface area contributed by atoms with Gasteiger partial charge in [-0.05, 0) is 18.2 Å². The normalized spacial score (nSPS) is 10.5. The van der Waals surface area contributed by atoms with Crippen LogP contribution in [0.15, 0.2) is 22.6 Å². The zero-order valence-electron chi connectivity index (χ0n) is 8.20. The standard InChI is InChI=1S/C10H10FN3O/c1-2-9-13-14-10(15-9)7-4-3-6(11)5-8(7)12/h3-5H,2,12H2,1H3. The van der Waals surface area contributed by atoms with Gasteiger partial charge in [0.15, 0.2) is 0 Å². The van der Waals surface area contributed by atoms with Crippen LogP contribution in [-0.2, 0) is 6.42 Å². The molecule has 0 bridgehead atoms. The first-order valence-electron chi connectivity index (χ1n) is 4.58. The van der Waals surface area contributed by atoms with Crippen LogP contribution in [0.4, 0.5) is 10.1 Å². The molecule has 0 saturated heterocycles. The molecule has 1 aromatic heterocycles. The van der Waals surface area contributed by atoms with E-state index in [4.69, 9.17) is 10.2 Å². The number of hydrogen-bond acceptors (Lipinski definition) is 4. The maximum absolute atomic E-state index is 12.8. The van der Waals surface area contributed by atoms with Gasteiger partial charge in [0.1, 0.15) is 5.82 Å². The van der Waals surface area contributed by atoms with Gasteiger partial charge in [-0.1, -0.05) is 6.92 Å². The molecule has 2 N–H and O–H groups in total. The third-order valence-corrected chi connectivity index (χ3v) is 2.01. The average Bonchev–Trinajstić information content (AvgIpc) is 2.66. The minimum Gasteiger partial charge on any atom is -0.421 e. The lowest BCUT2D eigenvalue weighted by molar-refractivity contribution is 0.513. The molecule has 2 aromatic rings. The number of aryl methyl sites for hydroxylation is 1. The van der Waals surface area contributed by atoms with E-state index in [1.165, 1.54) is 18.2 Å². The maximum atomic E-state index is 12.8. The van der Waals surface area contributed by atoms with Gasteiger partial charge < -0.3 is 10.2 Å². The Kier molecular flexibility index (Phi) is 2.37. The number of nitrogens with two attached hydrogens (primary N) is 1. The third kappa shape index (κ3) is 1.81. The molecule has 78 valence electrons. The molecule has 15 heavy (non-hydrogen) atoms. The second-order valence-electron chi connectivity index (χ2n) is 3.09. The summed E-state index contributed by atoms with van der Waals surface area (Å²) in [6.07, 6.45) is 0.661. The van der Waals surface area contributed by atoms with Crippen molar-refractivity contribution >= 4 is 5.69 Å². The lowest BCUT2D eigenvalue weighted by Crippen LogP contribution is -1.91. The van der Waals surface area contributed by atoms with Crippen molar-refractivity contribution in [1.29, 1.82) is 0 Å². The van der Waals surface area contributed by atoms with Gasteiger partial charge in [-0.25, -0.2) is 4.39 Å². The van der Waals surface area contributed by atoms with Crippen LogP contribution in [0, 0.1) is 5.82 Å². The van der Waals surface area contributed by atoms with E-state index in [9.17, 15) is 4.39 Å². The van der Waals surface area contributed by atoms with Crippen molar-refractivity contribution in [3.63, 3.8) is 0 Å². The first-order valence-corrected chi connectivity index (χ1v) is 4.58. The minimum atomic E-state index is -0.383. The van der Waals surface area contributed by atoms with Crippen molar-refractivity contribution in [2.24, 2.45) is 0 Å². The van der Waals surface area contributed by atoms with Crippen LogP contribution in [0.3, 0.4) is 0 Å². The van der Waals surface area contributed by atoms with Gasteiger partial charge in [-0.3, -0.25) is 0 Å². The van der Waals surface area contributed by atoms with Crippen molar-refractivity contribution in [2.75, 3.05) is 5.73 Å². The van der Waals surface area contributed by atoms with E-state index in [0.717, 1.165) is 0 Å². The fourth-order valence-corrected chi connectivity index (χ4v) is 1.23. The Morgan fingerprint density at radius 1 is 1.40 bits per heavy atom. The summed E-state index contributed by atoms with van der Waals surface area (Å²) < 4.78 is 18.1. The third-order valence-electron chi connectivity index (χ3n) is 2.01. The molecule has 0 radical (unpaired) electrons. The number of nitrogens with zero attached hydrogens (tertiary/aromatic N) is 2. The van der Waals surface area contributed by atoms with Crippen LogP contribution >= 0.6 is 0 Å². The molecular weight excluding hydrogens is 197 g/mol.